The molecule has 1 N–H and O–H groups in total. The Hall–Kier alpha value is -2.71. The average Bonchev–Trinajstić information content (AvgIpc) is 3.40. The lowest BCUT2D eigenvalue weighted by atomic mass is 10.1. The third kappa shape index (κ3) is 4.88. The number of amides is 1. The van der Waals surface area contributed by atoms with Crippen LogP contribution in [0.1, 0.15) is 34.5 Å². The van der Waals surface area contributed by atoms with Gasteiger partial charge in [-0.1, -0.05) is 6.42 Å². The number of rotatable bonds is 7. The molecular weight excluding hydrogens is 398 g/mol. The summed E-state index contributed by atoms with van der Waals surface area (Å²) in [4.78, 5) is 20.8. The van der Waals surface area contributed by atoms with Crippen molar-refractivity contribution in [3.05, 3.63) is 47.1 Å². The van der Waals surface area contributed by atoms with Gasteiger partial charge in [-0.2, -0.15) is 5.10 Å². The minimum Gasteiger partial charge on any atom is -0.497 e. The molecule has 0 aliphatic carbocycles. The van der Waals surface area contributed by atoms with E-state index in [4.69, 9.17) is 4.74 Å². The molecule has 0 atom stereocenters. The molecule has 0 saturated carbocycles. The molecule has 0 radical (unpaired) electrons. The minimum absolute atomic E-state index is 0.186. The minimum atomic E-state index is -0.186. The fourth-order valence-corrected chi connectivity index (χ4v) is 4.50. The predicted octanol–water partition coefficient (Wildman–Crippen LogP) is 4.06. The van der Waals surface area contributed by atoms with Gasteiger partial charge in [-0.3, -0.25) is 14.8 Å². The summed E-state index contributed by atoms with van der Waals surface area (Å²) in [5.41, 5.74) is 2.42. The number of carbonyl (C=O) groups excluding carboxylic acids is 1. The lowest BCUT2D eigenvalue weighted by molar-refractivity contribution is 0.102. The summed E-state index contributed by atoms with van der Waals surface area (Å²) in [6, 6.07) is 7.76. The van der Waals surface area contributed by atoms with Gasteiger partial charge in [-0.15, -0.1) is 11.3 Å². The maximum atomic E-state index is 12.6. The number of benzene rings is 1. The highest BCUT2D eigenvalue weighted by molar-refractivity contribution is 7.16. The normalized spacial score (nSPS) is 14.6. The van der Waals surface area contributed by atoms with Gasteiger partial charge in [0.25, 0.3) is 5.91 Å². The Morgan fingerprint density at radius 1 is 1.17 bits per heavy atom. The number of aromatic nitrogens is 3. The SMILES string of the molecule is COc1ccc(-c2nc(NC(=O)c3cnn(CCN4CCCCC4)c3)sc2C)cc1. The summed E-state index contributed by atoms with van der Waals surface area (Å²) >= 11 is 1.47. The summed E-state index contributed by atoms with van der Waals surface area (Å²) in [5, 5.41) is 7.85. The van der Waals surface area contributed by atoms with E-state index in [1.807, 2.05) is 42.1 Å². The van der Waals surface area contributed by atoms with Crippen molar-refractivity contribution in [2.75, 3.05) is 32.1 Å². The third-order valence-corrected chi connectivity index (χ3v) is 6.26. The van der Waals surface area contributed by atoms with Gasteiger partial charge in [0.2, 0.25) is 0 Å². The molecule has 3 heterocycles. The maximum Gasteiger partial charge on any atom is 0.260 e. The zero-order valence-electron chi connectivity index (χ0n) is 17.4. The lowest BCUT2D eigenvalue weighted by Gasteiger charge is -2.26. The van der Waals surface area contributed by atoms with Crippen molar-refractivity contribution < 1.29 is 9.53 Å². The van der Waals surface area contributed by atoms with Crippen LogP contribution >= 0.6 is 11.3 Å². The first-order chi connectivity index (χ1) is 14.6. The molecule has 30 heavy (non-hydrogen) atoms. The summed E-state index contributed by atoms with van der Waals surface area (Å²) in [6.07, 6.45) is 7.32. The van der Waals surface area contributed by atoms with Crippen LogP contribution in [0.4, 0.5) is 5.13 Å². The predicted molar refractivity (Wildman–Crippen MR) is 119 cm³/mol. The zero-order valence-corrected chi connectivity index (χ0v) is 18.2. The summed E-state index contributed by atoms with van der Waals surface area (Å²) < 4.78 is 7.06. The second-order valence-corrected chi connectivity index (χ2v) is 8.70. The number of hydrogen-bond acceptors (Lipinski definition) is 6. The van der Waals surface area contributed by atoms with Crippen molar-refractivity contribution in [1.29, 1.82) is 0 Å². The van der Waals surface area contributed by atoms with E-state index in [0.29, 0.717) is 10.7 Å². The number of aryl methyl sites for hydroxylation is 1. The highest BCUT2D eigenvalue weighted by Gasteiger charge is 2.15. The quantitative estimate of drug-likeness (QED) is 0.618. The largest absolute Gasteiger partial charge is 0.497 e. The second-order valence-electron chi connectivity index (χ2n) is 7.50. The molecule has 0 unspecified atom stereocenters. The summed E-state index contributed by atoms with van der Waals surface area (Å²) in [7, 11) is 1.65. The van der Waals surface area contributed by atoms with Gasteiger partial charge in [0.15, 0.2) is 5.13 Å². The van der Waals surface area contributed by atoms with Gasteiger partial charge in [-0.05, 0) is 57.1 Å². The van der Waals surface area contributed by atoms with E-state index in [1.165, 1.54) is 30.6 Å². The van der Waals surface area contributed by atoms with Gasteiger partial charge in [0.1, 0.15) is 5.75 Å². The number of nitrogens with zero attached hydrogens (tertiary/aromatic N) is 4. The van der Waals surface area contributed by atoms with E-state index >= 15 is 0 Å². The van der Waals surface area contributed by atoms with Gasteiger partial charge >= 0.3 is 0 Å². The van der Waals surface area contributed by atoms with E-state index in [0.717, 1.165) is 48.1 Å². The number of carbonyl (C=O) groups is 1. The Labute approximate surface area is 180 Å². The number of hydrogen-bond donors (Lipinski definition) is 1. The molecule has 1 fully saturated rings. The Morgan fingerprint density at radius 3 is 2.67 bits per heavy atom. The number of piperidine rings is 1. The molecule has 158 valence electrons. The van der Waals surface area contributed by atoms with Crippen LogP contribution in [0, 0.1) is 6.92 Å². The molecule has 2 aromatic heterocycles. The Kier molecular flexibility index (Phi) is 6.44. The number of anilines is 1. The maximum absolute atomic E-state index is 12.6. The van der Waals surface area contributed by atoms with Crippen LogP contribution < -0.4 is 10.1 Å². The van der Waals surface area contributed by atoms with Crippen LogP contribution in [0.5, 0.6) is 5.75 Å². The molecule has 0 spiro atoms. The highest BCUT2D eigenvalue weighted by Crippen LogP contribution is 2.31. The van der Waals surface area contributed by atoms with Crippen LogP contribution in [-0.2, 0) is 6.54 Å². The first-order valence-electron chi connectivity index (χ1n) is 10.3. The smallest absolute Gasteiger partial charge is 0.260 e. The molecular formula is C22H27N5O2S. The molecule has 1 saturated heterocycles. The van der Waals surface area contributed by atoms with Crippen molar-refractivity contribution in [3.63, 3.8) is 0 Å². The molecule has 1 aliphatic rings. The second kappa shape index (κ2) is 9.40. The Bertz CT molecular complexity index is 989. The van der Waals surface area contributed by atoms with Crippen molar-refractivity contribution in [1.82, 2.24) is 19.7 Å². The van der Waals surface area contributed by atoms with E-state index in [2.05, 4.69) is 20.3 Å². The summed E-state index contributed by atoms with van der Waals surface area (Å²) in [6.45, 7) is 6.10. The van der Waals surface area contributed by atoms with E-state index in [-0.39, 0.29) is 5.91 Å². The lowest BCUT2D eigenvalue weighted by Crippen LogP contribution is -2.32. The van der Waals surface area contributed by atoms with E-state index in [1.54, 1.807) is 13.3 Å². The van der Waals surface area contributed by atoms with Crippen LogP contribution in [0.2, 0.25) is 0 Å². The molecule has 1 aromatic carbocycles. The summed E-state index contributed by atoms with van der Waals surface area (Å²) in [5.74, 6) is 0.617. The first kappa shape index (κ1) is 20.6. The van der Waals surface area contributed by atoms with Crippen molar-refractivity contribution in [3.8, 4) is 17.0 Å². The number of nitrogens with one attached hydrogen (secondary N) is 1. The van der Waals surface area contributed by atoms with Gasteiger partial charge in [-0.25, -0.2) is 4.98 Å². The van der Waals surface area contributed by atoms with Crippen molar-refractivity contribution in [2.45, 2.75) is 32.7 Å². The van der Waals surface area contributed by atoms with E-state index in [9.17, 15) is 4.79 Å². The third-order valence-electron chi connectivity index (χ3n) is 5.37. The topological polar surface area (TPSA) is 72.3 Å². The number of ether oxygens (including phenoxy) is 1. The molecule has 1 aliphatic heterocycles. The molecule has 8 heteroatoms. The van der Waals surface area contributed by atoms with Gasteiger partial charge in [0, 0.05) is 23.2 Å². The van der Waals surface area contributed by atoms with Crippen LogP contribution in [0.3, 0.4) is 0 Å². The zero-order chi connectivity index (χ0) is 20.9. The fourth-order valence-electron chi connectivity index (χ4n) is 3.67. The molecule has 0 bridgehead atoms. The van der Waals surface area contributed by atoms with Crippen molar-refractivity contribution in [2.24, 2.45) is 0 Å². The standard InChI is InChI=1S/C22H27N5O2S/c1-16-20(17-6-8-19(29-2)9-7-17)24-22(30-16)25-21(28)18-14-23-27(15-18)13-12-26-10-4-3-5-11-26/h6-9,14-15H,3-5,10-13H2,1-2H3,(H,24,25,28). The first-order valence-corrected chi connectivity index (χ1v) is 11.1. The van der Waals surface area contributed by atoms with Gasteiger partial charge < -0.3 is 9.64 Å². The van der Waals surface area contributed by atoms with Crippen LogP contribution in [-0.4, -0.2) is 52.3 Å². The number of thiazole rings is 1. The Balaban J connectivity index is 1.37. The van der Waals surface area contributed by atoms with Gasteiger partial charge in [0.05, 0.1) is 31.1 Å². The molecule has 3 aromatic rings. The Morgan fingerprint density at radius 2 is 1.93 bits per heavy atom. The van der Waals surface area contributed by atoms with E-state index < -0.39 is 0 Å². The number of methoxy groups -OCH3 is 1. The molecule has 1 amide bonds. The van der Waals surface area contributed by atoms with Crippen LogP contribution in [0.25, 0.3) is 11.3 Å². The molecule has 4 rings (SSSR count). The number of likely N-dealkylation sites (tertiary alicyclic amines) is 1. The highest BCUT2D eigenvalue weighted by atomic mass is 32.1. The average molecular weight is 426 g/mol. The molecule has 7 nitrogen and oxygen atoms in total. The van der Waals surface area contributed by atoms with Crippen LogP contribution in [0.15, 0.2) is 36.7 Å². The monoisotopic (exact) mass is 425 g/mol. The fraction of sp³-hybridized carbons (Fsp3) is 0.409. The van der Waals surface area contributed by atoms with Crippen molar-refractivity contribution >= 4 is 22.4 Å².